The molecule has 2 heteroatoms. The number of allylic oxidation sites excluding steroid dienone is 4. The van der Waals surface area contributed by atoms with Crippen molar-refractivity contribution in [3.63, 3.8) is 0 Å². The number of rotatable bonds is 10. The van der Waals surface area contributed by atoms with Gasteiger partial charge in [0.05, 0.1) is 0 Å². The SMILES string of the molecule is CC=C/C(=C(/C)c1cccc(/C=C\CC(CC)CC)c1)C(C)CNN. The molecule has 1 rings (SSSR count). The highest BCUT2D eigenvalue weighted by molar-refractivity contribution is 5.71. The highest BCUT2D eigenvalue weighted by Crippen LogP contribution is 2.26. The van der Waals surface area contributed by atoms with Crippen molar-refractivity contribution in [2.24, 2.45) is 17.7 Å². The quantitative estimate of drug-likeness (QED) is 0.312. The van der Waals surface area contributed by atoms with Crippen LogP contribution in [0.15, 0.2) is 48.1 Å². The fourth-order valence-corrected chi connectivity index (χ4v) is 3.19. The topological polar surface area (TPSA) is 38.0 Å². The minimum absolute atomic E-state index is 0.371. The summed E-state index contributed by atoms with van der Waals surface area (Å²) >= 11 is 0. The standard InChI is InChI=1S/C23H36N2/c1-6-11-23(18(4)17-25-24)19(5)22-15-10-14-21(16-22)13-9-12-20(7-2)8-3/h6,9-11,13-16,18,20,25H,7-8,12,17,24H2,1-5H3/b11-6?,13-9-,23-19+. The van der Waals surface area contributed by atoms with Crippen LogP contribution in [-0.2, 0) is 0 Å². The van der Waals surface area contributed by atoms with Gasteiger partial charge in [0.2, 0.25) is 0 Å². The minimum atomic E-state index is 0.371. The van der Waals surface area contributed by atoms with Gasteiger partial charge in [-0.05, 0) is 60.4 Å². The van der Waals surface area contributed by atoms with Crippen LogP contribution in [0.25, 0.3) is 11.6 Å². The lowest BCUT2D eigenvalue weighted by atomic mass is 9.91. The lowest BCUT2D eigenvalue weighted by Gasteiger charge is -2.17. The van der Waals surface area contributed by atoms with Crippen LogP contribution in [0.3, 0.4) is 0 Å². The van der Waals surface area contributed by atoms with Crippen LogP contribution in [0.5, 0.6) is 0 Å². The molecule has 0 heterocycles. The van der Waals surface area contributed by atoms with Crippen molar-refractivity contribution in [2.75, 3.05) is 6.54 Å². The third kappa shape index (κ3) is 7.01. The third-order valence-corrected chi connectivity index (χ3v) is 4.99. The number of hydrogen-bond donors (Lipinski definition) is 2. The van der Waals surface area contributed by atoms with E-state index in [2.05, 4.69) is 88.6 Å². The van der Waals surface area contributed by atoms with E-state index in [0.717, 1.165) is 18.9 Å². The summed E-state index contributed by atoms with van der Waals surface area (Å²) in [5.74, 6) is 6.69. The molecule has 25 heavy (non-hydrogen) atoms. The predicted molar refractivity (Wildman–Crippen MR) is 113 cm³/mol. The molecule has 0 aliphatic carbocycles. The van der Waals surface area contributed by atoms with E-state index >= 15 is 0 Å². The van der Waals surface area contributed by atoms with E-state index < -0.39 is 0 Å². The molecule has 0 fully saturated rings. The molecular formula is C23H36N2. The van der Waals surface area contributed by atoms with E-state index in [9.17, 15) is 0 Å². The number of hydrazine groups is 1. The second kappa shape index (κ2) is 11.8. The highest BCUT2D eigenvalue weighted by atomic mass is 15.2. The van der Waals surface area contributed by atoms with Crippen LogP contribution in [0, 0.1) is 11.8 Å². The molecule has 3 N–H and O–H groups in total. The number of nitrogens with one attached hydrogen (secondary N) is 1. The second-order valence-corrected chi connectivity index (χ2v) is 6.84. The highest BCUT2D eigenvalue weighted by Gasteiger charge is 2.10. The van der Waals surface area contributed by atoms with E-state index in [1.54, 1.807) is 0 Å². The molecule has 0 aliphatic heterocycles. The van der Waals surface area contributed by atoms with Crippen LogP contribution in [-0.4, -0.2) is 6.54 Å². The summed E-state index contributed by atoms with van der Waals surface area (Å²) in [5.41, 5.74) is 7.99. The fourth-order valence-electron chi connectivity index (χ4n) is 3.19. The van der Waals surface area contributed by atoms with Gasteiger partial charge >= 0.3 is 0 Å². The largest absolute Gasteiger partial charge is 0.271 e. The first kappa shape index (κ1) is 21.4. The molecule has 0 bridgehead atoms. The van der Waals surface area contributed by atoms with Crippen molar-refractivity contribution in [2.45, 2.75) is 53.9 Å². The lowest BCUT2D eigenvalue weighted by molar-refractivity contribution is 0.500. The molecule has 138 valence electrons. The summed E-state index contributed by atoms with van der Waals surface area (Å²) in [7, 11) is 0. The molecule has 0 radical (unpaired) electrons. The van der Waals surface area contributed by atoms with E-state index in [1.165, 1.54) is 35.1 Å². The van der Waals surface area contributed by atoms with Crippen molar-refractivity contribution in [1.82, 2.24) is 5.43 Å². The van der Waals surface area contributed by atoms with Gasteiger partial charge in [0.15, 0.2) is 0 Å². The molecule has 0 amide bonds. The van der Waals surface area contributed by atoms with Gasteiger partial charge in [-0.1, -0.05) is 76.1 Å². The molecule has 0 saturated heterocycles. The van der Waals surface area contributed by atoms with E-state index in [0.29, 0.717) is 5.92 Å². The number of hydrogen-bond acceptors (Lipinski definition) is 2. The minimum Gasteiger partial charge on any atom is -0.271 e. The third-order valence-electron chi connectivity index (χ3n) is 4.99. The van der Waals surface area contributed by atoms with Crippen LogP contribution in [0.4, 0.5) is 0 Å². The van der Waals surface area contributed by atoms with Gasteiger partial charge in [0.25, 0.3) is 0 Å². The van der Waals surface area contributed by atoms with Gasteiger partial charge in [-0.3, -0.25) is 11.3 Å². The van der Waals surface area contributed by atoms with Crippen molar-refractivity contribution >= 4 is 11.6 Å². The van der Waals surface area contributed by atoms with Crippen molar-refractivity contribution in [1.29, 1.82) is 0 Å². The first-order chi connectivity index (χ1) is 12.1. The van der Waals surface area contributed by atoms with E-state index in [4.69, 9.17) is 5.84 Å². The molecule has 0 saturated carbocycles. The molecule has 1 atom stereocenters. The molecular weight excluding hydrogens is 304 g/mol. The molecule has 0 aromatic heterocycles. The van der Waals surface area contributed by atoms with Gasteiger partial charge in [0, 0.05) is 6.54 Å². The molecule has 0 spiro atoms. The number of nitrogens with two attached hydrogens (primary N) is 1. The Morgan fingerprint density at radius 2 is 1.96 bits per heavy atom. The van der Waals surface area contributed by atoms with Crippen molar-refractivity contribution in [3.8, 4) is 0 Å². The van der Waals surface area contributed by atoms with Crippen LogP contribution < -0.4 is 11.3 Å². The Morgan fingerprint density at radius 1 is 1.24 bits per heavy atom. The maximum absolute atomic E-state index is 5.52. The maximum Gasteiger partial charge on any atom is 0.0164 e. The van der Waals surface area contributed by atoms with E-state index in [1.807, 2.05) is 0 Å². The Kier molecular flexibility index (Phi) is 10.1. The zero-order valence-corrected chi connectivity index (χ0v) is 16.7. The predicted octanol–water partition coefficient (Wildman–Crippen LogP) is 5.98. The zero-order chi connectivity index (χ0) is 18.7. The second-order valence-electron chi connectivity index (χ2n) is 6.84. The monoisotopic (exact) mass is 340 g/mol. The first-order valence-corrected chi connectivity index (χ1v) is 9.61. The van der Waals surface area contributed by atoms with E-state index in [-0.39, 0.29) is 0 Å². The summed E-state index contributed by atoms with van der Waals surface area (Å²) in [6, 6.07) is 8.81. The normalized spacial score (nSPS) is 14.5. The summed E-state index contributed by atoms with van der Waals surface area (Å²) in [5, 5.41) is 0. The summed E-state index contributed by atoms with van der Waals surface area (Å²) in [6.45, 7) is 11.8. The average molecular weight is 341 g/mol. The van der Waals surface area contributed by atoms with Gasteiger partial charge in [-0.15, -0.1) is 0 Å². The fraction of sp³-hybridized carbons (Fsp3) is 0.478. The molecule has 1 unspecified atom stereocenters. The Morgan fingerprint density at radius 3 is 2.56 bits per heavy atom. The smallest absolute Gasteiger partial charge is 0.0164 e. The number of benzene rings is 1. The summed E-state index contributed by atoms with van der Waals surface area (Å²) in [6.07, 6.45) is 12.6. The zero-order valence-electron chi connectivity index (χ0n) is 16.7. The Labute approximate surface area is 154 Å². The van der Waals surface area contributed by atoms with Crippen molar-refractivity contribution < 1.29 is 0 Å². The molecule has 0 aliphatic rings. The van der Waals surface area contributed by atoms with Crippen LogP contribution in [0.1, 0.15) is 65.0 Å². The van der Waals surface area contributed by atoms with Gasteiger partial charge in [-0.2, -0.15) is 0 Å². The maximum atomic E-state index is 5.52. The Balaban J connectivity index is 3.04. The van der Waals surface area contributed by atoms with Gasteiger partial charge in [0.1, 0.15) is 0 Å². The van der Waals surface area contributed by atoms with Crippen LogP contribution in [0.2, 0.25) is 0 Å². The van der Waals surface area contributed by atoms with Gasteiger partial charge in [-0.25, -0.2) is 0 Å². The lowest BCUT2D eigenvalue weighted by Crippen LogP contribution is -2.28. The molecule has 1 aromatic carbocycles. The first-order valence-electron chi connectivity index (χ1n) is 9.61. The van der Waals surface area contributed by atoms with Gasteiger partial charge < -0.3 is 0 Å². The Bertz CT molecular complexity index is 592. The summed E-state index contributed by atoms with van der Waals surface area (Å²) in [4.78, 5) is 0. The van der Waals surface area contributed by atoms with Crippen LogP contribution >= 0.6 is 0 Å². The Hall–Kier alpha value is -1.64. The van der Waals surface area contributed by atoms with Crippen molar-refractivity contribution in [3.05, 3.63) is 59.2 Å². The average Bonchev–Trinajstić information content (AvgIpc) is 2.63. The summed E-state index contributed by atoms with van der Waals surface area (Å²) < 4.78 is 0. The molecule has 1 aromatic rings. The molecule has 2 nitrogen and oxygen atoms in total.